The number of aromatic nitrogens is 2. The van der Waals surface area contributed by atoms with Crippen LogP contribution in [0.1, 0.15) is 90.1 Å². The maximum absolute atomic E-state index is 13.7. The van der Waals surface area contributed by atoms with E-state index < -0.39 is 29.3 Å². The number of benzene rings is 3. The highest BCUT2D eigenvalue weighted by Gasteiger charge is 2.47. The highest BCUT2D eigenvalue weighted by Crippen LogP contribution is 2.44. The van der Waals surface area contributed by atoms with Crippen LogP contribution in [0.3, 0.4) is 0 Å². The molecule has 1 aromatic heterocycles. The minimum Gasteiger partial charge on any atom is -0.371 e. The zero-order valence-electron chi connectivity index (χ0n) is 31.5. The lowest BCUT2D eigenvalue weighted by Crippen LogP contribution is -2.54. The van der Waals surface area contributed by atoms with Crippen molar-refractivity contribution < 1.29 is 24.0 Å². The molecule has 0 spiro atoms. The molecular formula is C43H44N8O5. The summed E-state index contributed by atoms with van der Waals surface area (Å²) in [6.45, 7) is 7.58. The quantitative estimate of drug-likeness (QED) is 0.254. The Hall–Kier alpha value is -5.87. The van der Waals surface area contributed by atoms with E-state index in [2.05, 4.69) is 31.6 Å². The smallest absolute Gasteiger partial charge is 0.262 e. The fraction of sp³-hybridized carbons (Fsp3) is 0.419. The van der Waals surface area contributed by atoms with E-state index in [1.807, 2.05) is 56.6 Å². The van der Waals surface area contributed by atoms with Crippen molar-refractivity contribution in [2.24, 2.45) is 11.8 Å². The molecule has 0 radical (unpaired) electrons. The maximum atomic E-state index is 13.7. The van der Waals surface area contributed by atoms with E-state index in [0.717, 1.165) is 78.8 Å². The van der Waals surface area contributed by atoms with Crippen LogP contribution in [0.15, 0.2) is 67.0 Å². The summed E-state index contributed by atoms with van der Waals surface area (Å²) in [4.78, 5) is 70.4. The molecular weight excluding hydrogens is 709 g/mol. The molecule has 3 aromatic carbocycles. The molecule has 3 atom stereocenters. The summed E-state index contributed by atoms with van der Waals surface area (Å²) in [6.07, 6.45) is 8.51. The first-order valence-corrected chi connectivity index (χ1v) is 19.6. The Kier molecular flexibility index (Phi) is 8.76. The van der Waals surface area contributed by atoms with E-state index in [9.17, 15) is 29.2 Å². The van der Waals surface area contributed by atoms with Gasteiger partial charge in [-0.25, -0.2) is 0 Å². The first kappa shape index (κ1) is 35.8. The fourth-order valence-corrected chi connectivity index (χ4v) is 9.77. The van der Waals surface area contributed by atoms with Gasteiger partial charge in [0.2, 0.25) is 11.8 Å². The molecule has 3 unspecified atom stereocenters. The van der Waals surface area contributed by atoms with Crippen LogP contribution in [-0.4, -0.2) is 87.4 Å². The standard InChI is InChI=1S/C43H44N8O5/c1-43(2,42(56)46-36-10-7-26(20-44)32-5-3-4-6-33(32)36)50-24-29(21-45-50)25-13-15-48(16-14-25)31-17-27-22-49(23-28(27)18-31)30-8-9-34-35(19-30)41(55)51(40(34)54)37-11-12-38(52)47-39(37)53/h3-10,19,21,24-25,27-28,31,37H,11-18,22-23H2,1-2H3,(H,46,56)(H,47,52,53). The third-order valence-electron chi connectivity index (χ3n) is 13.1. The molecule has 5 heterocycles. The molecule has 13 nitrogen and oxygen atoms in total. The average molecular weight is 753 g/mol. The number of rotatable bonds is 7. The van der Waals surface area contributed by atoms with E-state index in [0.29, 0.717) is 46.2 Å². The summed E-state index contributed by atoms with van der Waals surface area (Å²) < 4.78 is 1.77. The van der Waals surface area contributed by atoms with Crippen LogP contribution >= 0.6 is 0 Å². The van der Waals surface area contributed by atoms with Gasteiger partial charge in [0.05, 0.1) is 29.0 Å². The molecule has 9 rings (SSSR count). The predicted octanol–water partition coefficient (Wildman–Crippen LogP) is 4.78. The number of nitriles is 1. The summed E-state index contributed by atoms with van der Waals surface area (Å²) in [6, 6.07) is 18.3. The number of hydrogen-bond donors (Lipinski definition) is 2. The van der Waals surface area contributed by atoms with Crippen molar-refractivity contribution in [1.82, 2.24) is 24.9 Å². The highest BCUT2D eigenvalue weighted by atomic mass is 16.2. The third kappa shape index (κ3) is 6.03. The summed E-state index contributed by atoms with van der Waals surface area (Å²) in [5.41, 5.74) is 3.00. The molecule has 5 aliphatic rings. The third-order valence-corrected chi connectivity index (χ3v) is 13.1. The molecule has 5 amide bonds. The maximum Gasteiger partial charge on any atom is 0.262 e. The molecule has 286 valence electrons. The van der Waals surface area contributed by atoms with E-state index >= 15 is 0 Å². The van der Waals surface area contributed by atoms with Gasteiger partial charge in [-0.2, -0.15) is 10.4 Å². The van der Waals surface area contributed by atoms with E-state index in [1.54, 1.807) is 28.9 Å². The van der Waals surface area contributed by atoms with Gasteiger partial charge in [-0.3, -0.25) is 38.9 Å². The summed E-state index contributed by atoms with van der Waals surface area (Å²) >= 11 is 0. The van der Waals surface area contributed by atoms with Crippen molar-refractivity contribution in [1.29, 1.82) is 5.26 Å². The molecule has 2 N–H and O–H groups in total. The predicted molar refractivity (Wildman–Crippen MR) is 208 cm³/mol. The van der Waals surface area contributed by atoms with Gasteiger partial charge < -0.3 is 15.1 Å². The van der Waals surface area contributed by atoms with Crippen molar-refractivity contribution in [2.75, 3.05) is 36.4 Å². The van der Waals surface area contributed by atoms with Gasteiger partial charge in [0.25, 0.3) is 17.7 Å². The minimum atomic E-state index is -0.969. The van der Waals surface area contributed by atoms with Crippen molar-refractivity contribution in [3.05, 3.63) is 89.2 Å². The van der Waals surface area contributed by atoms with Gasteiger partial charge in [-0.15, -0.1) is 0 Å². The number of nitrogens with zero attached hydrogens (tertiary/aromatic N) is 6. The number of fused-ring (bicyclic) bond motifs is 3. The second kappa shape index (κ2) is 13.7. The molecule has 1 saturated carbocycles. The van der Waals surface area contributed by atoms with Crippen molar-refractivity contribution in [3.8, 4) is 6.07 Å². The summed E-state index contributed by atoms with van der Waals surface area (Å²) in [5.74, 6) is -0.646. The Morgan fingerprint density at radius 3 is 2.34 bits per heavy atom. The van der Waals surface area contributed by atoms with Gasteiger partial charge in [-0.05, 0) is 113 Å². The summed E-state index contributed by atoms with van der Waals surface area (Å²) in [7, 11) is 0. The summed E-state index contributed by atoms with van der Waals surface area (Å²) in [5, 5.41) is 21.2. The number of piperidine rings is 2. The van der Waals surface area contributed by atoms with Crippen molar-refractivity contribution in [3.63, 3.8) is 0 Å². The second-order valence-corrected chi connectivity index (χ2v) is 16.6. The average Bonchev–Trinajstić information content (AvgIpc) is 3.99. The molecule has 4 aromatic rings. The molecule has 4 fully saturated rings. The zero-order chi connectivity index (χ0) is 38.9. The molecule has 0 bridgehead atoms. The van der Waals surface area contributed by atoms with Crippen molar-refractivity contribution in [2.45, 2.75) is 75.9 Å². The number of imide groups is 2. The highest BCUT2D eigenvalue weighted by molar-refractivity contribution is 6.23. The second-order valence-electron chi connectivity index (χ2n) is 16.6. The topological polar surface area (TPSA) is 161 Å². The van der Waals surface area contributed by atoms with Gasteiger partial charge in [-0.1, -0.05) is 24.3 Å². The van der Waals surface area contributed by atoms with E-state index in [4.69, 9.17) is 0 Å². The zero-order valence-corrected chi connectivity index (χ0v) is 31.5. The van der Waals surface area contributed by atoms with Crippen LogP contribution in [0, 0.1) is 23.2 Å². The van der Waals surface area contributed by atoms with Crippen LogP contribution in [0.5, 0.6) is 0 Å². The van der Waals surface area contributed by atoms with Crippen LogP contribution in [-0.2, 0) is 19.9 Å². The number of carbonyl (C=O) groups excluding carboxylic acids is 5. The van der Waals surface area contributed by atoms with Crippen molar-refractivity contribution >= 4 is 51.7 Å². The first-order valence-electron chi connectivity index (χ1n) is 19.6. The van der Waals surface area contributed by atoms with Crippen LogP contribution in [0.2, 0.25) is 0 Å². The Morgan fingerprint density at radius 2 is 1.62 bits per heavy atom. The Morgan fingerprint density at radius 1 is 0.911 bits per heavy atom. The normalized spacial score (nSPS) is 24.4. The molecule has 56 heavy (non-hydrogen) atoms. The monoisotopic (exact) mass is 752 g/mol. The number of hydrogen-bond acceptors (Lipinski definition) is 9. The van der Waals surface area contributed by atoms with Gasteiger partial charge in [0.15, 0.2) is 0 Å². The Labute approximate surface area is 324 Å². The van der Waals surface area contributed by atoms with E-state index in [-0.39, 0.29) is 24.7 Å². The van der Waals surface area contributed by atoms with E-state index in [1.165, 1.54) is 0 Å². The van der Waals surface area contributed by atoms with Crippen LogP contribution < -0.4 is 15.5 Å². The lowest BCUT2D eigenvalue weighted by Gasteiger charge is -2.36. The lowest BCUT2D eigenvalue weighted by molar-refractivity contribution is -0.136. The number of amides is 5. The number of nitrogens with one attached hydrogen (secondary N) is 2. The van der Waals surface area contributed by atoms with Gasteiger partial charge in [0, 0.05) is 53.9 Å². The van der Waals surface area contributed by atoms with Crippen LogP contribution in [0.4, 0.5) is 11.4 Å². The Bertz CT molecular complexity index is 2340. The number of anilines is 2. The molecule has 13 heteroatoms. The van der Waals surface area contributed by atoms with Crippen LogP contribution in [0.25, 0.3) is 10.8 Å². The Balaban J connectivity index is 0.786. The largest absolute Gasteiger partial charge is 0.371 e. The van der Waals surface area contributed by atoms with Gasteiger partial charge >= 0.3 is 0 Å². The molecule has 4 aliphatic heterocycles. The number of likely N-dealkylation sites (tertiary alicyclic amines) is 1. The molecule has 3 saturated heterocycles. The fourth-order valence-electron chi connectivity index (χ4n) is 9.77. The van der Waals surface area contributed by atoms with Gasteiger partial charge in [0.1, 0.15) is 11.6 Å². The molecule has 1 aliphatic carbocycles. The number of carbonyl (C=O) groups is 5. The first-order chi connectivity index (χ1) is 27.0. The minimum absolute atomic E-state index is 0.0952. The SMILES string of the molecule is CC(C)(C(=O)Nc1ccc(C#N)c2ccccc12)n1cc(C2CCN(C3CC4CN(c5ccc6c(c5)C(=O)N(C5CCC(=O)NC5=O)C6=O)CC4C3)CC2)cn1. The lowest BCUT2D eigenvalue weighted by atomic mass is 9.90.